The lowest BCUT2D eigenvalue weighted by molar-refractivity contribution is 0.0933. The predicted octanol–water partition coefficient (Wildman–Crippen LogP) is 3.02. The van der Waals surface area contributed by atoms with Gasteiger partial charge < -0.3 is 9.73 Å². The Morgan fingerprint density at radius 3 is 2.43 bits per heavy atom. The summed E-state index contributed by atoms with van der Waals surface area (Å²) in [5, 5.41) is 2.97. The van der Waals surface area contributed by atoms with Crippen molar-refractivity contribution in [1.82, 2.24) is 14.5 Å². The van der Waals surface area contributed by atoms with Crippen molar-refractivity contribution in [2.75, 3.05) is 32.7 Å². The van der Waals surface area contributed by atoms with Crippen molar-refractivity contribution in [3.8, 4) is 0 Å². The van der Waals surface area contributed by atoms with Crippen LogP contribution in [0.1, 0.15) is 54.3 Å². The van der Waals surface area contributed by atoms with Gasteiger partial charge in [-0.05, 0) is 69.1 Å². The quantitative estimate of drug-likeness (QED) is 0.729. The number of carbonyl (C=O) groups excluding carboxylic acids is 1. The van der Waals surface area contributed by atoms with Crippen LogP contribution in [0.3, 0.4) is 0 Å². The molecule has 1 aromatic carbocycles. The average molecular weight is 432 g/mol. The minimum Gasteiger partial charge on any atom is -0.468 e. The van der Waals surface area contributed by atoms with Gasteiger partial charge in [0.15, 0.2) is 0 Å². The number of carbonyl (C=O) groups is 1. The number of benzene rings is 1. The van der Waals surface area contributed by atoms with Gasteiger partial charge in [0.1, 0.15) is 5.76 Å². The molecule has 0 aliphatic carbocycles. The molecule has 1 aromatic heterocycles. The van der Waals surface area contributed by atoms with Crippen molar-refractivity contribution in [2.24, 2.45) is 0 Å². The van der Waals surface area contributed by atoms with Crippen LogP contribution in [0.15, 0.2) is 52.0 Å². The van der Waals surface area contributed by atoms with Crippen LogP contribution in [-0.2, 0) is 10.0 Å². The summed E-state index contributed by atoms with van der Waals surface area (Å²) in [6.45, 7) is 3.45. The molecule has 7 nitrogen and oxygen atoms in total. The molecule has 3 heterocycles. The molecule has 0 radical (unpaired) electrons. The third-order valence-electron chi connectivity index (χ3n) is 5.96. The number of piperidine rings is 1. The van der Waals surface area contributed by atoms with E-state index in [4.69, 9.17) is 4.42 Å². The van der Waals surface area contributed by atoms with Crippen LogP contribution in [0.2, 0.25) is 0 Å². The Morgan fingerprint density at radius 2 is 1.73 bits per heavy atom. The SMILES string of the molecule is O=C(NC[C@H](c1ccco1)N1CCCC1)c1cccc(S(=O)(=O)N2CCCCC2)c1. The van der Waals surface area contributed by atoms with Gasteiger partial charge in [0.2, 0.25) is 10.0 Å². The molecule has 2 aliphatic rings. The van der Waals surface area contributed by atoms with Crippen LogP contribution in [0.5, 0.6) is 0 Å². The standard InChI is InChI=1S/C22H29N3O4S/c26-22(23-17-20(21-10-7-15-29-21)24-11-4-5-12-24)18-8-6-9-19(16-18)30(27,28)25-13-2-1-3-14-25/h6-10,15-16,20H,1-5,11-14,17H2,(H,23,26)/t20-/m1/s1. The first-order valence-electron chi connectivity index (χ1n) is 10.7. The van der Waals surface area contributed by atoms with E-state index < -0.39 is 10.0 Å². The smallest absolute Gasteiger partial charge is 0.251 e. The second-order valence-electron chi connectivity index (χ2n) is 7.98. The molecule has 1 atom stereocenters. The summed E-state index contributed by atoms with van der Waals surface area (Å²) in [6.07, 6.45) is 6.74. The summed E-state index contributed by atoms with van der Waals surface area (Å²) in [7, 11) is -3.57. The van der Waals surface area contributed by atoms with E-state index in [2.05, 4.69) is 10.2 Å². The maximum atomic E-state index is 12.9. The van der Waals surface area contributed by atoms with Gasteiger partial charge in [0.05, 0.1) is 17.2 Å². The first-order valence-corrected chi connectivity index (χ1v) is 12.2. The number of hydrogen-bond acceptors (Lipinski definition) is 5. The van der Waals surface area contributed by atoms with Crippen LogP contribution in [-0.4, -0.2) is 56.3 Å². The van der Waals surface area contributed by atoms with Gasteiger partial charge in [-0.3, -0.25) is 9.69 Å². The van der Waals surface area contributed by atoms with E-state index >= 15 is 0 Å². The summed E-state index contributed by atoms with van der Waals surface area (Å²) < 4.78 is 33.0. The van der Waals surface area contributed by atoms with Crippen molar-refractivity contribution < 1.29 is 17.6 Å². The maximum Gasteiger partial charge on any atom is 0.251 e. The van der Waals surface area contributed by atoms with Crippen LogP contribution in [0, 0.1) is 0 Å². The fourth-order valence-electron chi connectivity index (χ4n) is 4.29. The molecule has 2 saturated heterocycles. The molecule has 4 rings (SSSR count). The molecule has 1 N–H and O–H groups in total. The first-order chi connectivity index (χ1) is 14.6. The van der Waals surface area contributed by atoms with Gasteiger partial charge in [0, 0.05) is 25.2 Å². The zero-order valence-corrected chi connectivity index (χ0v) is 17.9. The number of amides is 1. The lowest BCUT2D eigenvalue weighted by atomic mass is 10.1. The van der Waals surface area contributed by atoms with Crippen molar-refractivity contribution in [1.29, 1.82) is 0 Å². The fraction of sp³-hybridized carbons (Fsp3) is 0.500. The van der Waals surface area contributed by atoms with Crippen molar-refractivity contribution in [3.05, 3.63) is 54.0 Å². The van der Waals surface area contributed by atoms with E-state index in [-0.39, 0.29) is 16.8 Å². The lowest BCUT2D eigenvalue weighted by Crippen LogP contribution is -2.37. The number of hydrogen-bond donors (Lipinski definition) is 1. The van der Waals surface area contributed by atoms with E-state index in [0.29, 0.717) is 25.2 Å². The zero-order valence-electron chi connectivity index (χ0n) is 17.1. The molecule has 0 unspecified atom stereocenters. The van der Waals surface area contributed by atoms with Crippen LogP contribution < -0.4 is 5.32 Å². The molecule has 2 aliphatic heterocycles. The number of nitrogens with zero attached hydrogens (tertiary/aromatic N) is 2. The highest BCUT2D eigenvalue weighted by Gasteiger charge is 2.28. The Kier molecular flexibility index (Phi) is 6.55. The number of sulfonamides is 1. The minimum absolute atomic E-state index is 0.0216. The van der Waals surface area contributed by atoms with Crippen molar-refractivity contribution in [2.45, 2.75) is 43.0 Å². The van der Waals surface area contributed by atoms with Crippen LogP contribution in [0.4, 0.5) is 0 Å². The monoisotopic (exact) mass is 431 g/mol. The second kappa shape index (κ2) is 9.32. The molecule has 30 heavy (non-hydrogen) atoms. The highest BCUT2D eigenvalue weighted by molar-refractivity contribution is 7.89. The van der Waals surface area contributed by atoms with Gasteiger partial charge in [-0.25, -0.2) is 8.42 Å². The van der Waals surface area contributed by atoms with E-state index in [1.165, 1.54) is 10.4 Å². The molecule has 8 heteroatoms. The Hall–Kier alpha value is -2.16. The summed E-state index contributed by atoms with van der Waals surface area (Å²) in [5.74, 6) is 0.556. The molecule has 162 valence electrons. The molecule has 1 amide bonds. The highest BCUT2D eigenvalue weighted by atomic mass is 32.2. The van der Waals surface area contributed by atoms with E-state index in [9.17, 15) is 13.2 Å². The van der Waals surface area contributed by atoms with Crippen molar-refractivity contribution >= 4 is 15.9 Å². The zero-order chi connectivity index (χ0) is 21.0. The Bertz CT molecular complexity index is 947. The molecular formula is C22H29N3O4S. The van der Waals surface area contributed by atoms with Gasteiger partial charge in [-0.1, -0.05) is 12.5 Å². The number of nitrogens with one attached hydrogen (secondary N) is 1. The third-order valence-corrected chi connectivity index (χ3v) is 7.85. The van der Waals surface area contributed by atoms with Crippen LogP contribution in [0.25, 0.3) is 0 Å². The Morgan fingerprint density at radius 1 is 1.00 bits per heavy atom. The van der Waals surface area contributed by atoms with Gasteiger partial charge in [-0.2, -0.15) is 4.31 Å². The normalized spacial score (nSPS) is 19.6. The van der Waals surface area contributed by atoms with Crippen LogP contribution >= 0.6 is 0 Å². The summed E-state index contributed by atoms with van der Waals surface area (Å²) in [5.41, 5.74) is 0.354. The van der Waals surface area contributed by atoms with E-state index in [1.54, 1.807) is 24.5 Å². The highest BCUT2D eigenvalue weighted by Crippen LogP contribution is 2.25. The molecule has 0 saturated carbocycles. The molecule has 2 fully saturated rings. The van der Waals surface area contributed by atoms with Gasteiger partial charge >= 0.3 is 0 Å². The summed E-state index contributed by atoms with van der Waals surface area (Å²) >= 11 is 0. The summed E-state index contributed by atoms with van der Waals surface area (Å²) in [6, 6.07) is 10.1. The topological polar surface area (TPSA) is 82.9 Å². The van der Waals surface area contributed by atoms with Gasteiger partial charge in [0.25, 0.3) is 5.91 Å². The first kappa shape index (κ1) is 21.1. The lowest BCUT2D eigenvalue weighted by Gasteiger charge is -2.26. The third kappa shape index (κ3) is 4.61. The molecule has 2 aromatic rings. The number of furan rings is 1. The Labute approximate surface area is 178 Å². The fourth-order valence-corrected chi connectivity index (χ4v) is 5.85. The largest absolute Gasteiger partial charge is 0.468 e. The molecule has 0 bridgehead atoms. The predicted molar refractivity (Wildman–Crippen MR) is 114 cm³/mol. The minimum atomic E-state index is -3.57. The molecular weight excluding hydrogens is 402 g/mol. The van der Waals surface area contributed by atoms with Crippen molar-refractivity contribution in [3.63, 3.8) is 0 Å². The average Bonchev–Trinajstić information content (AvgIpc) is 3.50. The number of likely N-dealkylation sites (tertiary alicyclic amines) is 1. The van der Waals surface area contributed by atoms with E-state index in [1.807, 2.05) is 12.1 Å². The molecule has 0 spiro atoms. The second-order valence-corrected chi connectivity index (χ2v) is 9.91. The Balaban J connectivity index is 1.46. The van der Waals surface area contributed by atoms with E-state index in [0.717, 1.165) is 51.0 Å². The van der Waals surface area contributed by atoms with Gasteiger partial charge in [-0.15, -0.1) is 0 Å². The number of rotatable bonds is 7. The summed E-state index contributed by atoms with van der Waals surface area (Å²) in [4.78, 5) is 15.3. The maximum absolute atomic E-state index is 12.9.